The van der Waals surface area contributed by atoms with Crippen molar-refractivity contribution in [1.82, 2.24) is 9.55 Å². The van der Waals surface area contributed by atoms with E-state index >= 15 is 0 Å². The van der Waals surface area contributed by atoms with Gasteiger partial charge in [-0.1, -0.05) is 51.1 Å². The first kappa shape index (κ1) is 14.6. The van der Waals surface area contributed by atoms with Crippen LogP contribution in [0.4, 0.5) is 5.69 Å². The Hall–Kier alpha value is -2.29. The fourth-order valence-electron chi connectivity index (χ4n) is 2.83. The monoisotopic (exact) mass is 293 g/mol. The van der Waals surface area contributed by atoms with Gasteiger partial charge < -0.3 is 10.3 Å². The number of hydrogen-bond donors (Lipinski definition) is 1. The van der Waals surface area contributed by atoms with Crippen LogP contribution in [0.15, 0.2) is 42.5 Å². The molecule has 0 spiro atoms. The molecule has 3 rings (SSSR count). The van der Waals surface area contributed by atoms with Crippen LogP contribution in [-0.4, -0.2) is 9.55 Å². The van der Waals surface area contributed by atoms with Crippen molar-refractivity contribution >= 4 is 16.7 Å². The summed E-state index contributed by atoms with van der Waals surface area (Å²) >= 11 is 0. The summed E-state index contributed by atoms with van der Waals surface area (Å²) in [4.78, 5) is 4.78. The summed E-state index contributed by atoms with van der Waals surface area (Å²) in [5.41, 5.74) is 11.4. The van der Waals surface area contributed by atoms with Gasteiger partial charge in [0.15, 0.2) is 0 Å². The SMILES string of the molecule is CCn1c(-c2ccc(C(C)(C)C)cc2)nc2c(N)cccc21. The van der Waals surface area contributed by atoms with Crippen LogP contribution < -0.4 is 5.73 Å². The van der Waals surface area contributed by atoms with Gasteiger partial charge in [-0.3, -0.25) is 0 Å². The number of aryl methyl sites for hydroxylation is 1. The molecule has 2 aromatic carbocycles. The Kier molecular flexibility index (Phi) is 3.44. The maximum absolute atomic E-state index is 6.08. The third-order valence-corrected chi connectivity index (χ3v) is 4.14. The molecule has 0 aliphatic heterocycles. The second-order valence-corrected chi connectivity index (χ2v) is 6.72. The van der Waals surface area contributed by atoms with Gasteiger partial charge in [0.2, 0.25) is 0 Å². The number of benzene rings is 2. The Morgan fingerprint density at radius 1 is 1.05 bits per heavy atom. The topological polar surface area (TPSA) is 43.8 Å². The zero-order chi connectivity index (χ0) is 15.9. The Morgan fingerprint density at radius 2 is 1.73 bits per heavy atom. The van der Waals surface area contributed by atoms with E-state index in [4.69, 9.17) is 10.7 Å². The average molecular weight is 293 g/mol. The molecule has 0 atom stereocenters. The van der Waals surface area contributed by atoms with Crippen molar-refractivity contribution in [3.63, 3.8) is 0 Å². The van der Waals surface area contributed by atoms with E-state index in [-0.39, 0.29) is 5.41 Å². The molecule has 0 aliphatic carbocycles. The fraction of sp³-hybridized carbons (Fsp3) is 0.316. The summed E-state index contributed by atoms with van der Waals surface area (Å²) in [5, 5.41) is 0. The first-order valence-electron chi connectivity index (χ1n) is 7.77. The number of anilines is 1. The quantitative estimate of drug-likeness (QED) is 0.702. The number of imidazole rings is 1. The number of nitrogens with two attached hydrogens (primary N) is 1. The highest BCUT2D eigenvalue weighted by molar-refractivity contribution is 5.90. The number of hydrogen-bond acceptors (Lipinski definition) is 2. The van der Waals surface area contributed by atoms with Crippen molar-refractivity contribution in [1.29, 1.82) is 0 Å². The van der Waals surface area contributed by atoms with Gasteiger partial charge in [-0.05, 0) is 30.0 Å². The molecule has 0 aliphatic rings. The summed E-state index contributed by atoms with van der Waals surface area (Å²) in [6, 6.07) is 14.7. The van der Waals surface area contributed by atoms with Crippen molar-refractivity contribution < 1.29 is 0 Å². The molecule has 0 saturated carbocycles. The van der Waals surface area contributed by atoms with Crippen molar-refractivity contribution in [3.05, 3.63) is 48.0 Å². The van der Waals surface area contributed by atoms with Gasteiger partial charge in [0.25, 0.3) is 0 Å². The van der Waals surface area contributed by atoms with E-state index in [1.165, 1.54) is 5.56 Å². The molecule has 1 heterocycles. The van der Waals surface area contributed by atoms with Gasteiger partial charge in [0, 0.05) is 12.1 Å². The van der Waals surface area contributed by atoms with Crippen molar-refractivity contribution in [2.45, 2.75) is 39.7 Å². The lowest BCUT2D eigenvalue weighted by molar-refractivity contribution is 0.590. The van der Waals surface area contributed by atoms with Crippen LogP contribution in [0.2, 0.25) is 0 Å². The molecule has 0 unspecified atom stereocenters. The van der Waals surface area contributed by atoms with E-state index in [1.54, 1.807) is 0 Å². The van der Waals surface area contributed by atoms with Crippen LogP contribution >= 0.6 is 0 Å². The molecule has 0 bridgehead atoms. The van der Waals surface area contributed by atoms with Crippen molar-refractivity contribution in [2.75, 3.05) is 5.73 Å². The Balaban J connectivity index is 2.16. The van der Waals surface area contributed by atoms with E-state index in [1.807, 2.05) is 12.1 Å². The normalized spacial score (nSPS) is 12.0. The standard InChI is InChI=1S/C19H23N3/c1-5-22-16-8-6-7-15(20)17(16)21-18(22)13-9-11-14(12-10-13)19(2,3)4/h6-12H,5,20H2,1-4H3. The van der Waals surface area contributed by atoms with E-state index < -0.39 is 0 Å². The predicted octanol–water partition coefficient (Wildman–Crippen LogP) is 4.60. The molecule has 0 radical (unpaired) electrons. The van der Waals surface area contributed by atoms with E-state index in [0.717, 1.165) is 34.7 Å². The van der Waals surface area contributed by atoms with Gasteiger partial charge in [-0.15, -0.1) is 0 Å². The molecular formula is C19H23N3. The molecule has 0 fully saturated rings. The van der Waals surface area contributed by atoms with Crippen molar-refractivity contribution in [3.8, 4) is 11.4 Å². The van der Waals surface area contributed by atoms with Crippen LogP contribution in [0, 0.1) is 0 Å². The van der Waals surface area contributed by atoms with Crippen LogP contribution in [0.3, 0.4) is 0 Å². The van der Waals surface area contributed by atoms with E-state index in [2.05, 4.69) is 62.6 Å². The molecule has 2 N–H and O–H groups in total. The van der Waals surface area contributed by atoms with Crippen LogP contribution in [-0.2, 0) is 12.0 Å². The minimum Gasteiger partial charge on any atom is -0.397 e. The molecule has 3 heteroatoms. The predicted molar refractivity (Wildman–Crippen MR) is 94.0 cm³/mol. The number of rotatable bonds is 2. The average Bonchev–Trinajstić information content (AvgIpc) is 2.86. The number of aromatic nitrogens is 2. The highest BCUT2D eigenvalue weighted by Crippen LogP contribution is 2.30. The molecule has 22 heavy (non-hydrogen) atoms. The summed E-state index contributed by atoms with van der Waals surface area (Å²) in [5.74, 6) is 0.982. The smallest absolute Gasteiger partial charge is 0.141 e. The number of nitrogens with zero attached hydrogens (tertiary/aromatic N) is 2. The zero-order valence-electron chi connectivity index (χ0n) is 13.7. The van der Waals surface area contributed by atoms with E-state index in [9.17, 15) is 0 Å². The maximum Gasteiger partial charge on any atom is 0.141 e. The molecule has 1 aromatic heterocycles. The molecule has 0 saturated heterocycles. The van der Waals surface area contributed by atoms with E-state index in [0.29, 0.717) is 0 Å². The molecule has 0 amide bonds. The zero-order valence-corrected chi connectivity index (χ0v) is 13.7. The minimum atomic E-state index is 0.161. The lowest BCUT2D eigenvalue weighted by Crippen LogP contribution is -2.10. The van der Waals surface area contributed by atoms with Crippen LogP contribution in [0.25, 0.3) is 22.4 Å². The number of nitrogen functional groups attached to an aromatic ring is 1. The summed E-state index contributed by atoms with van der Waals surface area (Å²) in [6.07, 6.45) is 0. The Bertz CT molecular complexity index is 805. The van der Waals surface area contributed by atoms with Crippen LogP contribution in [0.5, 0.6) is 0 Å². The lowest BCUT2D eigenvalue weighted by atomic mass is 9.87. The highest BCUT2D eigenvalue weighted by atomic mass is 15.1. The van der Waals surface area contributed by atoms with Gasteiger partial charge in [-0.2, -0.15) is 0 Å². The first-order chi connectivity index (χ1) is 10.4. The maximum atomic E-state index is 6.08. The largest absolute Gasteiger partial charge is 0.397 e. The molecule has 114 valence electrons. The molecular weight excluding hydrogens is 270 g/mol. The van der Waals surface area contributed by atoms with Crippen molar-refractivity contribution in [2.24, 2.45) is 0 Å². The van der Waals surface area contributed by atoms with Crippen LogP contribution in [0.1, 0.15) is 33.3 Å². The Labute approximate surface area is 131 Å². The summed E-state index contributed by atoms with van der Waals surface area (Å²) in [6.45, 7) is 9.69. The fourth-order valence-corrected chi connectivity index (χ4v) is 2.83. The molecule has 3 nitrogen and oxygen atoms in total. The number of para-hydroxylation sites is 1. The van der Waals surface area contributed by atoms with Gasteiger partial charge in [-0.25, -0.2) is 4.98 Å². The third kappa shape index (κ3) is 2.37. The summed E-state index contributed by atoms with van der Waals surface area (Å²) < 4.78 is 2.22. The minimum absolute atomic E-state index is 0.161. The van der Waals surface area contributed by atoms with Gasteiger partial charge in [0.1, 0.15) is 11.3 Å². The first-order valence-corrected chi connectivity index (χ1v) is 7.77. The van der Waals surface area contributed by atoms with Gasteiger partial charge in [0.05, 0.1) is 11.2 Å². The highest BCUT2D eigenvalue weighted by Gasteiger charge is 2.16. The lowest BCUT2D eigenvalue weighted by Gasteiger charge is -2.19. The second-order valence-electron chi connectivity index (χ2n) is 6.72. The second kappa shape index (κ2) is 5.16. The molecule has 3 aromatic rings. The summed E-state index contributed by atoms with van der Waals surface area (Å²) in [7, 11) is 0. The third-order valence-electron chi connectivity index (χ3n) is 4.14. The van der Waals surface area contributed by atoms with Gasteiger partial charge >= 0.3 is 0 Å². The Morgan fingerprint density at radius 3 is 2.32 bits per heavy atom. The number of fused-ring (bicyclic) bond motifs is 1.